The van der Waals surface area contributed by atoms with Crippen molar-refractivity contribution in [3.8, 4) is 0 Å². The van der Waals surface area contributed by atoms with Gasteiger partial charge in [0.25, 0.3) is 5.56 Å². The number of nitrogens with zero attached hydrogens (tertiary/aromatic N) is 5. The Bertz CT molecular complexity index is 1300. The first-order chi connectivity index (χ1) is 14.8. The minimum absolute atomic E-state index is 0.150. The molecule has 30 heavy (non-hydrogen) atoms. The number of hydrogen-bond donors (Lipinski definition) is 0. The number of benzene rings is 2. The Morgan fingerprint density at radius 1 is 0.967 bits per heavy atom. The number of hydrogen-bond acceptors (Lipinski definition) is 6. The molecule has 4 aromatic rings. The van der Waals surface area contributed by atoms with Crippen molar-refractivity contribution in [2.45, 2.75) is 24.5 Å². The molecule has 0 aliphatic carbocycles. The van der Waals surface area contributed by atoms with E-state index in [2.05, 4.69) is 33.2 Å². The summed E-state index contributed by atoms with van der Waals surface area (Å²) < 4.78 is 1.72. The molecule has 6 nitrogen and oxygen atoms in total. The van der Waals surface area contributed by atoms with Crippen molar-refractivity contribution in [1.29, 1.82) is 0 Å². The molecule has 3 heterocycles. The fourth-order valence-corrected chi connectivity index (χ4v) is 4.50. The summed E-state index contributed by atoms with van der Waals surface area (Å²) >= 11 is 1.53. The standard InChI is InChI=1S/C23H19N5OS/c29-22-20-21(25-12-11-24-20)27-23(28(22)13-10-16-6-2-1-3-7-16)30-15-18-14-17-8-4-5-9-19(17)26-18/h1-9,11-12H,10,13-15H2. The quantitative estimate of drug-likeness (QED) is 0.355. The molecule has 2 aromatic heterocycles. The first-order valence-corrected chi connectivity index (χ1v) is 10.8. The zero-order valence-corrected chi connectivity index (χ0v) is 17.0. The summed E-state index contributed by atoms with van der Waals surface area (Å²) in [5.74, 6) is 0.679. The van der Waals surface area contributed by atoms with Crippen molar-refractivity contribution in [3.05, 3.63) is 88.5 Å². The van der Waals surface area contributed by atoms with Crippen molar-refractivity contribution >= 4 is 34.3 Å². The number of aryl methyl sites for hydroxylation is 1. The largest absolute Gasteiger partial charge is 0.285 e. The lowest BCUT2D eigenvalue weighted by Gasteiger charge is -2.12. The van der Waals surface area contributed by atoms with Crippen molar-refractivity contribution < 1.29 is 0 Å². The van der Waals surface area contributed by atoms with Gasteiger partial charge in [-0.1, -0.05) is 60.3 Å². The Hall–Kier alpha value is -3.32. The van der Waals surface area contributed by atoms with Gasteiger partial charge >= 0.3 is 0 Å². The first-order valence-electron chi connectivity index (χ1n) is 9.80. The predicted octanol–water partition coefficient (Wildman–Crippen LogP) is 3.85. The second kappa shape index (κ2) is 8.20. The van der Waals surface area contributed by atoms with Gasteiger partial charge in [-0.15, -0.1) is 0 Å². The molecule has 148 valence electrons. The molecule has 0 unspecified atom stereocenters. The van der Waals surface area contributed by atoms with Crippen molar-refractivity contribution in [2.24, 2.45) is 4.99 Å². The molecule has 0 N–H and O–H groups in total. The normalized spacial score (nSPS) is 12.7. The Morgan fingerprint density at radius 2 is 1.77 bits per heavy atom. The van der Waals surface area contributed by atoms with E-state index in [-0.39, 0.29) is 5.56 Å². The molecule has 0 saturated carbocycles. The topological polar surface area (TPSA) is 73.0 Å². The van der Waals surface area contributed by atoms with E-state index in [1.807, 2.05) is 36.4 Å². The minimum atomic E-state index is -0.150. The average Bonchev–Trinajstić information content (AvgIpc) is 3.21. The number of aromatic nitrogens is 4. The predicted molar refractivity (Wildman–Crippen MR) is 120 cm³/mol. The van der Waals surface area contributed by atoms with Crippen molar-refractivity contribution in [3.63, 3.8) is 0 Å². The second-order valence-electron chi connectivity index (χ2n) is 7.09. The van der Waals surface area contributed by atoms with Crippen molar-refractivity contribution in [1.82, 2.24) is 19.5 Å². The molecule has 1 aliphatic heterocycles. The first kappa shape index (κ1) is 18.7. The van der Waals surface area contributed by atoms with Gasteiger partial charge in [-0.3, -0.25) is 14.4 Å². The molecular formula is C23H19N5OS. The van der Waals surface area contributed by atoms with Gasteiger partial charge < -0.3 is 0 Å². The van der Waals surface area contributed by atoms with Crippen LogP contribution in [0.4, 0.5) is 5.69 Å². The van der Waals surface area contributed by atoms with Crippen LogP contribution in [-0.4, -0.2) is 31.0 Å². The Balaban J connectivity index is 1.43. The van der Waals surface area contributed by atoms with E-state index in [0.717, 1.165) is 24.2 Å². The molecule has 0 atom stereocenters. The molecule has 0 amide bonds. The zero-order chi connectivity index (χ0) is 20.3. The number of aliphatic imine (C=N–C) groups is 1. The average molecular weight is 414 g/mol. The molecular weight excluding hydrogens is 394 g/mol. The second-order valence-corrected chi connectivity index (χ2v) is 8.03. The Morgan fingerprint density at radius 3 is 2.63 bits per heavy atom. The van der Waals surface area contributed by atoms with Crippen LogP contribution in [0.25, 0.3) is 11.2 Å². The Labute approximate surface area is 177 Å². The van der Waals surface area contributed by atoms with E-state index in [0.29, 0.717) is 28.6 Å². The van der Waals surface area contributed by atoms with E-state index in [9.17, 15) is 4.79 Å². The highest BCUT2D eigenvalue weighted by Crippen LogP contribution is 2.28. The van der Waals surface area contributed by atoms with E-state index in [4.69, 9.17) is 4.99 Å². The fraction of sp³-hybridized carbons (Fsp3) is 0.174. The summed E-state index contributed by atoms with van der Waals surface area (Å²) in [6.07, 6.45) is 4.68. The molecule has 7 heteroatoms. The van der Waals surface area contributed by atoms with E-state index in [1.54, 1.807) is 10.8 Å². The molecule has 5 rings (SSSR count). The maximum absolute atomic E-state index is 13.1. The fourth-order valence-electron chi connectivity index (χ4n) is 3.55. The van der Waals surface area contributed by atoms with E-state index in [1.165, 1.54) is 29.1 Å². The number of thioether (sulfide) groups is 1. The van der Waals surface area contributed by atoms with Crippen LogP contribution in [0.5, 0.6) is 0 Å². The van der Waals surface area contributed by atoms with Crippen molar-refractivity contribution in [2.75, 3.05) is 5.75 Å². The van der Waals surface area contributed by atoms with Gasteiger partial charge in [0.05, 0.1) is 5.69 Å². The van der Waals surface area contributed by atoms with Crippen LogP contribution in [0.15, 0.2) is 81.9 Å². The van der Waals surface area contributed by atoms with Gasteiger partial charge in [0, 0.05) is 36.8 Å². The van der Waals surface area contributed by atoms with Crippen LogP contribution in [-0.2, 0) is 19.4 Å². The minimum Gasteiger partial charge on any atom is -0.285 e. The highest BCUT2D eigenvalue weighted by Gasteiger charge is 2.17. The molecule has 0 radical (unpaired) electrons. The third-order valence-corrected chi connectivity index (χ3v) is 6.11. The smallest absolute Gasteiger partial charge is 0.282 e. The third-order valence-electron chi connectivity index (χ3n) is 5.06. The number of fused-ring (bicyclic) bond motifs is 2. The molecule has 2 aromatic carbocycles. The summed E-state index contributed by atoms with van der Waals surface area (Å²) in [7, 11) is 0. The Kier molecular flexibility index (Phi) is 5.11. The van der Waals surface area contributed by atoms with Crippen LogP contribution in [0, 0.1) is 0 Å². The van der Waals surface area contributed by atoms with Gasteiger partial charge in [-0.25, -0.2) is 15.0 Å². The summed E-state index contributed by atoms with van der Waals surface area (Å²) in [5.41, 5.74) is 5.08. The third kappa shape index (κ3) is 3.76. The van der Waals surface area contributed by atoms with Gasteiger partial charge in [0.1, 0.15) is 0 Å². The molecule has 0 saturated heterocycles. The summed E-state index contributed by atoms with van der Waals surface area (Å²) in [4.78, 5) is 31.0. The van der Waals surface area contributed by atoms with Crippen LogP contribution in [0.1, 0.15) is 11.1 Å². The maximum atomic E-state index is 13.1. The lowest BCUT2D eigenvalue weighted by atomic mass is 10.1. The van der Waals surface area contributed by atoms with E-state index < -0.39 is 0 Å². The molecule has 1 aliphatic rings. The SMILES string of the molecule is O=c1c2nccnc2nc(SCC2=Nc3ccccc3C2)n1CCc1ccccc1. The highest BCUT2D eigenvalue weighted by atomic mass is 32.2. The molecule has 0 spiro atoms. The van der Waals surface area contributed by atoms with Gasteiger partial charge in [0.15, 0.2) is 16.3 Å². The van der Waals surface area contributed by atoms with Crippen LogP contribution >= 0.6 is 11.8 Å². The van der Waals surface area contributed by atoms with Gasteiger partial charge in [-0.05, 0) is 23.6 Å². The monoisotopic (exact) mass is 413 g/mol. The lowest BCUT2D eigenvalue weighted by Crippen LogP contribution is -2.25. The zero-order valence-electron chi connectivity index (χ0n) is 16.2. The van der Waals surface area contributed by atoms with Crippen LogP contribution < -0.4 is 5.56 Å². The van der Waals surface area contributed by atoms with Gasteiger partial charge in [-0.2, -0.15) is 0 Å². The molecule has 0 fully saturated rings. The number of para-hydroxylation sites is 1. The number of rotatable bonds is 6. The molecule has 0 bridgehead atoms. The highest BCUT2D eigenvalue weighted by molar-refractivity contribution is 7.99. The summed E-state index contributed by atoms with van der Waals surface area (Å²) in [5, 5.41) is 0.655. The summed E-state index contributed by atoms with van der Waals surface area (Å²) in [6.45, 7) is 0.539. The van der Waals surface area contributed by atoms with Crippen LogP contribution in [0.3, 0.4) is 0 Å². The maximum Gasteiger partial charge on any atom is 0.282 e. The van der Waals surface area contributed by atoms with Crippen LogP contribution in [0.2, 0.25) is 0 Å². The van der Waals surface area contributed by atoms with Gasteiger partial charge in [0.2, 0.25) is 0 Å². The summed E-state index contributed by atoms with van der Waals surface area (Å²) in [6, 6.07) is 18.3. The van der Waals surface area contributed by atoms with E-state index >= 15 is 0 Å². The lowest BCUT2D eigenvalue weighted by molar-refractivity contribution is 0.593.